The molecule has 110 valence electrons. The summed E-state index contributed by atoms with van der Waals surface area (Å²) in [6.45, 7) is 3.58. The van der Waals surface area contributed by atoms with Gasteiger partial charge in [0.1, 0.15) is 0 Å². The van der Waals surface area contributed by atoms with Gasteiger partial charge in [0, 0.05) is 13.1 Å². The highest BCUT2D eigenvalue weighted by Gasteiger charge is 2.19. The molecule has 0 radical (unpaired) electrons. The number of morpholine rings is 1. The third kappa shape index (κ3) is 3.27. The molecule has 0 atom stereocenters. The van der Waals surface area contributed by atoms with Crippen LogP contribution in [-0.4, -0.2) is 47.9 Å². The second-order valence-electron chi connectivity index (χ2n) is 5.34. The van der Waals surface area contributed by atoms with Gasteiger partial charge in [-0.05, 0) is 18.8 Å². The van der Waals surface area contributed by atoms with Crippen LogP contribution in [0.15, 0.2) is 0 Å². The monoisotopic (exact) mass is 279 g/mol. The van der Waals surface area contributed by atoms with Crippen molar-refractivity contribution in [3.05, 3.63) is 0 Å². The van der Waals surface area contributed by atoms with Crippen molar-refractivity contribution < 1.29 is 9.47 Å². The Bertz CT molecular complexity index is 444. The highest BCUT2D eigenvalue weighted by atomic mass is 16.5. The first-order valence-corrected chi connectivity index (χ1v) is 7.28. The average Bonchev–Trinajstić information content (AvgIpc) is 2.99. The molecular weight excluding hydrogens is 258 g/mol. The van der Waals surface area contributed by atoms with Crippen molar-refractivity contribution in [2.45, 2.75) is 25.7 Å². The third-order valence-corrected chi connectivity index (χ3v) is 3.84. The van der Waals surface area contributed by atoms with Crippen LogP contribution in [0.25, 0.3) is 0 Å². The number of ether oxygens (including phenoxy) is 2. The van der Waals surface area contributed by atoms with Crippen LogP contribution >= 0.6 is 0 Å². The molecule has 2 aliphatic rings. The molecule has 1 saturated heterocycles. The van der Waals surface area contributed by atoms with Gasteiger partial charge in [-0.3, -0.25) is 0 Å². The van der Waals surface area contributed by atoms with Crippen LogP contribution in [0.4, 0.5) is 11.9 Å². The quantitative estimate of drug-likeness (QED) is 0.874. The van der Waals surface area contributed by atoms with Crippen molar-refractivity contribution >= 4 is 11.9 Å². The van der Waals surface area contributed by atoms with Crippen LogP contribution in [0.2, 0.25) is 0 Å². The summed E-state index contributed by atoms with van der Waals surface area (Å²) in [6.07, 6.45) is 5.06. The van der Waals surface area contributed by atoms with Gasteiger partial charge >= 0.3 is 6.01 Å². The first-order chi connectivity index (χ1) is 9.81. The standard InChI is InChI=1S/C13H21N5O2/c14-11-15-12(18-5-7-19-8-6-18)17-13(16-11)20-9-10-3-1-2-4-10/h10H,1-9H2,(H2,14,15,16,17). The Balaban J connectivity index is 1.65. The van der Waals surface area contributed by atoms with E-state index in [0.717, 1.165) is 13.1 Å². The van der Waals surface area contributed by atoms with E-state index in [2.05, 4.69) is 15.0 Å². The van der Waals surface area contributed by atoms with Gasteiger partial charge in [0.25, 0.3) is 0 Å². The second kappa shape index (κ2) is 6.21. The van der Waals surface area contributed by atoms with E-state index >= 15 is 0 Å². The second-order valence-corrected chi connectivity index (χ2v) is 5.34. The third-order valence-electron chi connectivity index (χ3n) is 3.84. The van der Waals surface area contributed by atoms with Gasteiger partial charge < -0.3 is 20.1 Å². The molecule has 1 aliphatic heterocycles. The van der Waals surface area contributed by atoms with Gasteiger partial charge in [-0.1, -0.05) is 12.8 Å². The van der Waals surface area contributed by atoms with E-state index in [1.165, 1.54) is 25.7 Å². The molecule has 2 N–H and O–H groups in total. The summed E-state index contributed by atoms with van der Waals surface area (Å²) in [5.41, 5.74) is 5.75. The summed E-state index contributed by atoms with van der Waals surface area (Å²) in [6, 6.07) is 0.339. The van der Waals surface area contributed by atoms with Crippen LogP contribution in [0.3, 0.4) is 0 Å². The Morgan fingerprint density at radius 2 is 1.90 bits per heavy atom. The minimum Gasteiger partial charge on any atom is -0.463 e. The predicted molar refractivity (Wildman–Crippen MR) is 74.7 cm³/mol. The summed E-state index contributed by atoms with van der Waals surface area (Å²) in [5.74, 6) is 1.42. The molecule has 0 aromatic carbocycles. The average molecular weight is 279 g/mol. The molecule has 3 rings (SSSR count). The number of aromatic nitrogens is 3. The number of rotatable bonds is 4. The Morgan fingerprint density at radius 3 is 2.65 bits per heavy atom. The van der Waals surface area contributed by atoms with Gasteiger partial charge in [-0.2, -0.15) is 15.0 Å². The highest BCUT2D eigenvalue weighted by Crippen LogP contribution is 2.25. The Labute approximate surface area is 118 Å². The lowest BCUT2D eigenvalue weighted by Crippen LogP contribution is -2.37. The molecule has 0 unspecified atom stereocenters. The Hall–Kier alpha value is -1.63. The lowest BCUT2D eigenvalue weighted by atomic mass is 10.1. The SMILES string of the molecule is Nc1nc(OCC2CCCC2)nc(N2CCOCC2)n1. The van der Waals surface area contributed by atoms with E-state index in [0.29, 0.717) is 37.7 Å². The van der Waals surface area contributed by atoms with Crippen LogP contribution in [0, 0.1) is 5.92 Å². The molecule has 20 heavy (non-hydrogen) atoms. The molecule has 2 heterocycles. The minimum absolute atomic E-state index is 0.211. The molecule has 7 heteroatoms. The number of hydrogen-bond donors (Lipinski definition) is 1. The molecule has 0 spiro atoms. The fraction of sp³-hybridized carbons (Fsp3) is 0.769. The van der Waals surface area contributed by atoms with Gasteiger partial charge in [0.05, 0.1) is 19.8 Å². The van der Waals surface area contributed by atoms with E-state index in [9.17, 15) is 0 Å². The summed E-state index contributed by atoms with van der Waals surface area (Å²) < 4.78 is 11.0. The van der Waals surface area contributed by atoms with E-state index in [1.54, 1.807) is 0 Å². The maximum Gasteiger partial charge on any atom is 0.323 e. The number of anilines is 2. The van der Waals surface area contributed by atoms with Crippen LogP contribution in [-0.2, 0) is 4.74 Å². The van der Waals surface area contributed by atoms with Crippen molar-refractivity contribution in [2.24, 2.45) is 5.92 Å². The lowest BCUT2D eigenvalue weighted by Gasteiger charge is -2.26. The summed E-state index contributed by atoms with van der Waals surface area (Å²) in [4.78, 5) is 14.7. The topological polar surface area (TPSA) is 86.4 Å². The minimum atomic E-state index is 0.211. The molecular formula is C13H21N5O2. The van der Waals surface area contributed by atoms with Gasteiger partial charge in [0.2, 0.25) is 11.9 Å². The fourth-order valence-electron chi connectivity index (χ4n) is 2.70. The van der Waals surface area contributed by atoms with E-state index in [4.69, 9.17) is 15.2 Å². The van der Waals surface area contributed by atoms with Crippen molar-refractivity contribution in [1.82, 2.24) is 15.0 Å². The molecule has 0 amide bonds. The molecule has 2 fully saturated rings. The van der Waals surface area contributed by atoms with Gasteiger partial charge in [-0.25, -0.2) is 0 Å². The molecule has 1 aromatic heterocycles. The van der Waals surface area contributed by atoms with Crippen molar-refractivity contribution in [1.29, 1.82) is 0 Å². The summed E-state index contributed by atoms with van der Waals surface area (Å²) in [7, 11) is 0. The number of nitrogens with zero attached hydrogens (tertiary/aromatic N) is 4. The van der Waals surface area contributed by atoms with E-state index < -0.39 is 0 Å². The zero-order valence-electron chi connectivity index (χ0n) is 11.6. The molecule has 1 aromatic rings. The summed E-state index contributed by atoms with van der Waals surface area (Å²) in [5, 5.41) is 0. The zero-order chi connectivity index (χ0) is 13.8. The predicted octanol–water partition coefficient (Wildman–Crippen LogP) is 0.859. The molecule has 0 bridgehead atoms. The first kappa shape index (κ1) is 13.4. The Morgan fingerprint density at radius 1 is 1.15 bits per heavy atom. The number of nitrogen functional groups attached to an aromatic ring is 1. The van der Waals surface area contributed by atoms with Crippen LogP contribution < -0.4 is 15.4 Å². The number of hydrogen-bond acceptors (Lipinski definition) is 7. The summed E-state index contributed by atoms with van der Waals surface area (Å²) >= 11 is 0. The van der Waals surface area contributed by atoms with Gasteiger partial charge in [-0.15, -0.1) is 0 Å². The number of nitrogens with two attached hydrogens (primary N) is 1. The smallest absolute Gasteiger partial charge is 0.323 e. The first-order valence-electron chi connectivity index (χ1n) is 7.28. The maximum absolute atomic E-state index is 5.75. The normalized spacial score (nSPS) is 20.3. The molecule has 1 aliphatic carbocycles. The van der Waals surface area contributed by atoms with Crippen LogP contribution in [0.5, 0.6) is 6.01 Å². The highest BCUT2D eigenvalue weighted by molar-refractivity contribution is 5.36. The maximum atomic E-state index is 5.75. The molecule has 1 saturated carbocycles. The van der Waals surface area contributed by atoms with E-state index in [1.807, 2.05) is 4.90 Å². The van der Waals surface area contributed by atoms with Crippen molar-refractivity contribution in [3.63, 3.8) is 0 Å². The van der Waals surface area contributed by atoms with Gasteiger partial charge in [0.15, 0.2) is 0 Å². The lowest BCUT2D eigenvalue weighted by molar-refractivity contribution is 0.122. The molecule has 7 nitrogen and oxygen atoms in total. The van der Waals surface area contributed by atoms with Crippen molar-refractivity contribution in [3.8, 4) is 6.01 Å². The largest absolute Gasteiger partial charge is 0.463 e. The fourth-order valence-corrected chi connectivity index (χ4v) is 2.70. The van der Waals surface area contributed by atoms with E-state index in [-0.39, 0.29) is 5.95 Å². The Kier molecular flexibility index (Phi) is 4.15. The zero-order valence-corrected chi connectivity index (χ0v) is 11.6. The van der Waals surface area contributed by atoms with Crippen molar-refractivity contribution in [2.75, 3.05) is 43.5 Å². The van der Waals surface area contributed by atoms with Crippen LogP contribution in [0.1, 0.15) is 25.7 Å².